The minimum atomic E-state index is 0.457. The van der Waals surface area contributed by atoms with Crippen LogP contribution in [0.15, 0.2) is 42.5 Å². The second-order valence-electron chi connectivity index (χ2n) is 3.88. The van der Waals surface area contributed by atoms with E-state index in [0.29, 0.717) is 28.9 Å². The molecule has 2 aromatic rings. The third kappa shape index (κ3) is 3.39. The van der Waals surface area contributed by atoms with Crippen LogP contribution in [-0.4, -0.2) is 0 Å². The highest BCUT2D eigenvalue weighted by molar-refractivity contribution is 6.32. The molecule has 0 saturated heterocycles. The van der Waals surface area contributed by atoms with Gasteiger partial charge in [-0.15, -0.1) is 0 Å². The summed E-state index contributed by atoms with van der Waals surface area (Å²) >= 11 is 11.9. The van der Waals surface area contributed by atoms with Gasteiger partial charge in [-0.3, -0.25) is 0 Å². The van der Waals surface area contributed by atoms with Crippen molar-refractivity contribution in [1.82, 2.24) is 0 Å². The van der Waals surface area contributed by atoms with Gasteiger partial charge < -0.3 is 10.5 Å². The third-order valence-electron chi connectivity index (χ3n) is 2.54. The Kier molecular flexibility index (Phi) is 4.48. The van der Waals surface area contributed by atoms with Crippen molar-refractivity contribution < 1.29 is 4.74 Å². The first kappa shape index (κ1) is 13.2. The zero-order chi connectivity index (χ0) is 13.0. The van der Waals surface area contributed by atoms with Gasteiger partial charge in [0.05, 0.1) is 5.02 Å². The number of rotatable bonds is 4. The Morgan fingerprint density at radius 3 is 2.22 bits per heavy atom. The number of hydrogen-bond acceptors (Lipinski definition) is 2. The van der Waals surface area contributed by atoms with Crippen LogP contribution in [0.3, 0.4) is 0 Å². The van der Waals surface area contributed by atoms with Crippen molar-refractivity contribution in [3.8, 4) is 5.75 Å². The van der Waals surface area contributed by atoms with E-state index in [-0.39, 0.29) is 0 Å². The average molecular weight is 282 g/mol. The molecule has 0 fully saturated rings. The minimum Gasteiger partial charge on any atom is -0.487 e. The predicted octanol–water partition coefficient (Wildman–Crippen LogP) is 4.03. The van der Waals surface area contributed by atoms with E-state index in [4.69, 9.17) is 33.7 Å². The van der Waals surface area contributed by atoms with E-state index in [1.807, 2.05) is 42.5 Å². The van der Waals surface area contributed by atoms with Crippen LogP contribution in [0.25, 0.3) is 0 Å². The van der Waals surface area contributed by atoms with Crippen LogP contribution in [0.5, 0.6) is 5.75 Å². The lowest BCUT2D eigenvalue weighted by atomic mass is 10.2. The van der Waals surface area contributed by atoms with Gasteiger partial charge in [0, 0.05) is 11.6 Å². The Morgan fingerprint density at radius 2 is 1.61 bits per heavy atom. The molecule has 2 nitrogen and oxygen atoms in total. The van der Waals surface area contributed by atoms with Crippen LogP contribution >= 0.6 is 23.2 Å². The van der Waals surface area contributed by atoms with Crippen LogP contribution in [-0.2, 0) is 13.2 Å². The fraction of sp³-hybridized carbons (Fsp3) is 0.143. The van der Waals surface area contributed by atoms with Gasteiger partial charge in [-0.05, 0) is 35.4 Å². The number of hydrogen-bond donors (Lipinski definition) is 1. The molecule has 94 valence electrons. The SMILES string of the molecule is NCc1ccc(OCc2ccc(Cl)cc2)c(Cl)c1. The van der Waals surface area contributed by atoms with Crippen molar-refractivity contribution in [2.24, 2.45) is 5.73 Å². The first-order chi connectivity index (χ1) is 8.69. The Hall–Kier alpha value is -1.22. The van der Waals surface area contributed by atoms with E-state index in [9.17, 15) is 0 Å². The Morgan fingerprint density at radius 1 is 0.944 bits per heavy atom. The zero-order valence-electron chi connectivity index (χ0n) is 9.70. The van der Waals surface area contributed by atoms with Crippen molar-refractivity contribution in [3.05, 3.63) is 63.6 Å². The summed E-state index contributed by atoms with van der Waals surface area (Å²) in [6.07, 6.45) is 0. The molecule has 18 heavy (non-hydrogen) atoms. The first-order valence-electron chi connectivity index (χ1n) is 5.55. The van der Waals surface area contributed by atoms with Crippen molar-refractivity contribution in [3.63, 3.8) is 0 Å². The summed E-state index contributed by atoms with van der Waals surface area (Å²) in [6.45, 7) is 0.927. The van der Waals surface area contributed by atoms with Crippen LogP contribution in [0, 0.1) is 0 Å². The van der Waals surface area contributed by atoms with E-state index in [2.05, 4.69) is 0 Å². The van der Waals surface area contributed by atoms with Crippen LogP contribution < -0.4 is 10.5 Å². The normalized spacial score (nSPS) is 10.4. The number of halogens is 2. The lowest BCUT2D eigenvalue weighted by molar-refractivity contribution is 0.306. The van der Waals surface area contributed by atoms with Crippen LogP contribution in [0.2, 0.25) is 10.0 Å². The molecule has 0 unspecified atom stereocenters. The van der Waals surface area contributed by atoms with Gasteiger partial charge in [-0.1, -0.05) is 41.4 Å². The minimum absolute atomic E-state index is 0.457. The molecule has 0 aromatic heterocycles. The van der Waals surface area contributed by atoms with Crippen molar-refractivity contribution in [2.75, 3.05) is 0 Å². The molecule has 0 radical (unpaired) electrons. The molecule has 0 aliphatic heterocycles. The van der Waals surface area contributed by atoms with E-state index in [0.717, 1.165) is 11.1 Å². The molecule has 0 aliphatic carbocycles. The molecule has 0 heterocycles. The van der Waals surface area contributed by atoms with E-state index in [1.165, 1.54) is 0 Å². The molecule has 2 rings (SSSR count). The maximum absolute atomic E-state index is 6.10. The summed E-state index contributed by atoms with van der Waals surface area (Å²) in [5, 5.41) is 1.29. The van der Waals surface area contributed by atoms with Gasteiger partial charge >= 0.3 is 0 Å². The quantitative estimate of drug-likeness (QED) is 0.918. The first-order valence-corrected chi connectivity index (χ1v) is 6.30. The average Bonchev–Trinajstić information content (AvgIpc) is 2.39. The van der Waals surface area contributed by atoms with E-state index in [1.54, 1.807) is 0 Å². The number of ether oxygens (including phenoxy) is 1. The standard InChI is InChI=1S/C14H13Cl2NO/c15-12-4-1-10(2-5-12)9-18-14-6-3-11(8-17)7-13(14)16/h1-7H,8-9,17H2. The molecule has 2 N–H and O–H groups in total. The zero-order valence-corrected chi connectivity index (χ0v) is 11.2. The summed E-state index contributed by atoms with van der Waals surface area (Å²) in [5.74, 6) is 0.656. The van der Waals surface area contributed by atoms with Gasteiger partial charge in [0.25, 0.3) is 0 Å². The molecule has 0 bridgehead atoms. The maximum Gasteiger partial charge on any atom is 0.138 e. The van der Waals surface area contributed by atoms with Gasteiger partial charge in [0.15, 0.2) is 0 Å². The third-order valence-corrected chi connectivity index (χ3v) is 3.09. The fourth-order valence-corrected chi connectivity index (χ4v) is 1.91. The molecule has 0 saturated carbocycles. The summed E-state index contributed by atoms with van der Waals surface area (Å²) in [7, 11) is 0. The highest BCUT2D eigenvalue weighted by atomic mass is 35.5. The monoisotopic (exact) mass is 281 g/mol. The highest BCUT2D eigenvalue weighted by Crippen LogP contribution is 2.26. The smallest absolute Gasteiger partial charge is 0.138 e. The summed E-state index contributed by atoms with van der Waals surface area (Å²) < 4.78 is 5.65. The van der Waals surface area contributed by atoms with Gasteiger partial charge in [0.1, 0.15) is 12.4 Å². The molecule has 2 aromatic carbocycles. The summed E-state index contributed by atoms with van der Waals surface area (Å²) in [6, 6.07) is 13.1. The molecule has 0 atom stereocenters. The topological polar surface area (TPSA) is 35.2 Å². The Labute approximate surface area is 116 Å². The Bertz CT molecular complexity index is 526. The van der Waals surface area contributed by atoms with E-state index >= 15 is 0 Å². The molecule has 0 amide bonds. The number of benzene rings is 2. The fourth-order valence-electron chi connectivity index (χ4n) is 1.53. The van der Waals surface area contributed by atoms with Crippen molar-refractivity contribution in [1.29, 1.82) is 0 Å². The van der Waals surface area contributed by atoms with Gasteiger partial charge in [-0.25, -0.2) is 0 Å². The summed E-state index contributed by atoms with van der Waals surface area (Å²) in [5.41, 5.74) is 7.56. The van der Waals surface area contributed by atoms with E-state index < -0.39 is 0 Å². The highest BCUT2D eigenvalue weighted by Gasteiger charge is 2.03. The molecule has 0 spiro atoms. The lowest BCUT2D eigenvalue weighted by Crippen LogP contribution is -1.98. The molecule has 4 heteroatoms. The Balaban J connectivity index is 2.04. The second-order valence-corrected chi connectivity index (χ2v) is 4.73. The predicted molar refractivity (Wildman–Crippen MR) is 75.1 cm³/mol. The lowest BCUT2D eigenvalue weighted by Gasteiger charge is -2.09. The molecule has 0 aliphatic rings. The van der Waals surface area contributed by atoms with Crippen molar-refractivity contribution >= 4 is 23.2 Å². The van der Waals surface area contributed by atoms with Crippen LogP contribution in [0.4, 0.5) is 0 Å². The van der Waals surface area contributed by atoms with Crippen molar-refractivity contribution in [2.45, 2.75) is 13.2 Å². The molecular weight excluding hydrogens is 269 g/mol. The largest absolute Gasteiger partial charge is 0.487 e. The van der Waals surface area contributed by atoms with Crippen LogP contribution in [0.1, 0.15) is 11.1 Å². The maximum atomic E-state index is 6.10. The van der Waals surface area contributed by atoms with Gasteiger partial charge in [-0.2, -0.15) is 0 Å². The molecular formula is C14H13Cl2NO. The number of nitrogens with two attached hydrogens (primary N) is 1. The van der Waals surface area contributed by atoms with Gasteiger partial charge in [0.2, 0.25) is 0 Å². The summed E-state index contributed by atoms with van der Waals surface area (Å²) in [4.78, 5) is 0. The second kappa shape index (κ2) is 6.10.